The fraction of sp³-hybridized carbons (Fsp3) is 0.500. The zero-order valence-electron chi connectivity index (χ0n) is 15.5. The predicted molar refractivity (Wildman–Crippen MR) is 99.9 cm³/mol. The van der Waals surface area contributed by atoms with Crippen LogP contribution in [0.15, 0.2) is 35.8 Å². The molecule has 2 aliphatic heterocycles. The fourth-order valence-electron chi connectivity index (χ4n) is 3.40. The number of urea groups is 1. The van der Waals surface area contributed by atoms with Crippen LogP contribution in [0.4, 0.5) is 4.79 Å². The van der Waals surface area contributed by atoms with Gasteiger partial charge in [0, 0.05) is 37.1 Å². The molecular formula is C20H28N4O. The molecule has 1 N–H and O–H groups in total. The van der Waals surface area contributed by atoms with Crippen LogP contribution in [0.1, 0.15) is 43.0 Å². The van der Waals surface area contributed by atoms with Crippen molar-refractivity contribution in [1.82, 2.24) is 20.1 Å². The van der Waals surface area contributed by atoms with Gasteiger partial charge in [0.2, 0.25) is 0 Å². The summed E-state index contributed by atoms with van der Waals surface area (Å²) in [4.78, 5) is 21.4. The summed E-state index contributed by atoms with van der Waals surface area (Å²) in [6.45, 7) is 9.05. The van der Waals surface area contributed by atoms with Gasteiger partial charge in [0.05, 0.1) is 6.54 Å². The summed E-state index contributed by atoms with van der Waals surface area (Å²) in [5.74, 6) is 0.999. The number of nitrogens with zero attached hydrogens (tertiary/aromatic N) is 3. The van der Waals surface area contributed by atoms with Crippen LogP contribution in [0.5, 0.6) is 0 Å². The van der Waals surface area contributed by atoms with Crippen molar-refractivity contribution in [2.45, 2.75) is 46.6 Å². The molecule has 2 aliphatic rings. The summed E-state index contributed by atoms with van der Waals surface area (Å²) in [6.07, 6.45) is 9.48. The first-order valence-corrected chi connectivity index (χ1v) is 9.22. The zero-order chi connectivity index (χ0) is 17.8. The smallest absolute Gasteiger partial charge is 0.326 e. The molecular weight excluding hydrogens is 312 g/mol. The molecule has 1 aromatic rings. The SMILES string of the molecule is CCCCCN1C(=O)N(Cc2cc(C)cnc2C)CC2=C1NCC=C2. The van der Waals surface area contributed by atoms with Crippen LogP contribution in [-0.4, -0.2) is 40.4 Å². The van der Waals surface area contributed by atoms with Gasteiger partial charge in [0.1, 0.15) is 5.82 Å². The molecule has 0 saturated carbocycles. The molecule has 2 amide bonds. The number of amides is 2. The molecule has 0 aliphatic carbocycles. The minimum absolute atomic E-state index is 0.0959. The second-order valence-electron chi connectivity index (χ2n) is 6.91. The van der Waals surface area contributed by atoms with E-state index < -0.39 is 0 Å². The summed E-state index contributed by atoms with van der Waals surface area (Å²) >= 11 is 0. The van der Waals surface area contributed by atoms with Gasteiger partial charge >= 0.3 is 6.03 Å². The van der Waals surface area contributed by atoms with Gasteiger partial charge in [-0.25, -0.2) is 4.79 Å². The molecule has 0 saturated heterocycles. The van der Waals surface area contributed by atoms with E-state index in [1.807, 2.05) is 29.8 Å². The second kappa shape index (κ2) is 7.72. The van der Waals surface area contributed by atoms with Gasteiger partial charge in [-0.05, 0) is 31.4 Å². The van der Waals surface area contributed by atoms with E-state index in [9.17, 15) is 4.79 Å². The maximum absolute atomic E-state index is 13.1. The van der Waals surface area contributed by atoms with Crippen LogP contribution in [0.2, 0.25) is 0 Å². The Hall–Kier alpha value is -2.30. The highest BCUT2D eigenvalue weighted by Gasteiger charge is 2.32. The summed E-state index contributed by atoms with van der Waals surface area (Å²) in [5, 5.41) is 3.39. The van der Waals surface area contributed by atoms with E-state index in [-0.39, 0.29) is 6.03 Å². The predicted octanol–water partition coefficient (Wildman–Crippen LogP) is 3.50. The number of rotatable bonds is 6. The van der Waals surface area contributed by atoms with Crippen molar-refractivity contribution in [2.75, 3.05) is 19.6 Å². The Balaban J connectivity index is 1.83. The van der Waals surface area contributed by atoms with Crippen molar-refractivity contribution in [3.05, 3.63) is 52.6 Å². The van der Waals surface area contributed by atoms with Crippen LogP contribution >= 0.6 is 0 Å². The first kappa shape index (κ1) is 17.5. The van der Waals surface area contributed by atoms with Crippen LogP contribution in [0, 0.1) is 13.8 Å². The van der Waals surface area contributed by atoms with Gasteiger partial charge < -0.3 is 10.2 Å². The molecule has 0 atom stereocenters. The summed E-state index contributed by atoms with van der Waals surface area (Å²) in [6, 6.07) is 2.23. The second-order valence-corrected chi connectivity index (χ2v) is 6.91. The number of nitrogens with one attached hydrogen (secondary N) is 1. The van der Waals surface area contributed by atoms with Gasteiger partial charge in [-0.2, -0.15) is 0 Å². The lowest BCUT2D eigenvalue weighted by atomic mass is 10.1. The minimum atomic E-state index is 0.0959. The summed E-state index contributed by atoms with van der Waals surface area (Å²) < 4.78 is 0. The number of aryl methyl sites for hydroxylation is 2. The Morgan fingerprint density at radius 3 is 2.92 bits per heavy atom. The summed E-state index contributed by atoms with van der Waals surface area (Å²) in [7, 11) is 0. The molecule has 0 fully saturated rings. The first-order chi connectivity index (χ1) is 12.1. The van der Waals surface area contributed by atoms with E-state index in [0.29, 0.717) is 13.1 Å². The summed E-state index contributed by atoms with van der Waals surface area (Å²) in [5.41, 5.74) is 4.44. The average Bonchev–Trinajstić information content (AvgIpc) is 2.61. The molecule has 1 aromatic heterocycles. The highest BCUT2D eigenvalue weighted by Crippen LogP contribution is 2.25. The number of hydrogen-bond acceptors (Lipinski definition) is 3. The molecule has 25 heavy (non-hydrogen) atoms. The minimum Gasteiger partial charge on any atom is -0.368 e. The normalized spacial score (nSPS) is 17.0. The standard InChI is InChI=1S/C20H28N4O/c1-4-5-6-10-24-19-17(8-7-9-21-19)13-23(20(24)25)14-18-11-15(2)12-22-16(18)3/h7-8,11-12,21H,4-6,9-10,13-14H2,1-3H3. The van der Waals surface area contributed by atoms with E-state index in [1.165, 1.54) is 5.57 Å². The molecule has 0 unspecified atom stereocenters. The van der Waals surface area contributed by atoms with E-state index in [0.717, 1.165) is 55.0 Å². The van der Waals surface area contributed by atoms with Crippen LogP contribution in [0.3, 0.4) is 0 Å². The molecule has 3 rings (SSSR count). The van der Waals surface area contributed by atoms with E-state index in [1.54, 1.807) is 0 Å². The largest absolute Gasteiger partial charge is 0.368 e. The number of unbranched alkanes of at least 4 members (excludes halogenated alkanes) is 2. The molecule has 5 heteroatoms. The van der Waals surface area contributed by atoms with Crippen molar-refractivity contribution >= 4 is 6.03 Å². The van der Waals surface area contributed by atoms with Gasteiger partial charge in [-0.15, -0.1) is 0 Å². The molecule has 0 bridgehead atoms. The third kappa shape index (κ3) is 3.86. The number of pyridine rings is 1. The first-order valence-electron chi connectivity index (χ1n) is 9.22. The number of aromatic nitrogens is 1. The maximum atomic E-state index is 13.1. The number of dihydropyridines is 1. The number of carbonyl (C=O) groups is 1. The van der Waals surface area contributed by atoms with Gasteiger partial charge in [-0.1, -0.05) is 38.0 Å². The average molecular weight is 340 g/mol. The zero-order valence-corrected chi connectivity index (χ0v) is 15.5. The third-order valence-corrected chi connectivity index (χ3v) is 4.82. The molecule has 0 radical (unpaired) electrons. The Labute approximate surface area is 150 Å². The molecule has 0 aromatic carbocycles. The van der Waals surface area contributed by atoms with Gasteiger partial charge in [-0.3, -0.25) is 9.88 Å². The molecule has 3 heterocycles. The van der Waals surface area contributed by atoms with Crippen molar-refractivity contribution in [2.24, 2.45) is 0 Å². The van der Waals surface area contributed by atoms with E-state index in [4.69, 9.17) is 0 Å². The van der Waals surface area contributed by atoms with E-state index >= 15 is 0 Å². The fourth-order valence-corrected chi connectivity index (χ4v) is 3.40. The highest BCUT2D eigenvalue weighted by atomic mass is 16.2. The van der Waals surface area contributed by atoms with Gasteiger partial charge in [0.15, 0.2) is 0 Å². The molecule has 5 nitrogen and oxygen atoms in total. The Morgan fingerprint density at radius 1 is 1.28 bits per heavy atom. The van der Waals surface area contributed by atoms with Crippen LogP contribution < -0.4 is 5.32 Å². The number of carbonyl (C=O) groups excluding carboxylic acids is 1. The maximum Gasteiger partial charge on any atom is 0.326 e. The molecule has 0 spiro atoms. The lowest BCUT2D eigenvalue weighted by Gasteiger charge is -2.39. The van der Waals surface area contributed by atoms with Crippen LogP contribution in [0.25, 0.3) is 0 Å². The molecule has 134 valence electrons. The van der Waals surface area contributed by atoms with Crippen molar-refractivity contribution in [3.63, 3.8) is 0 Å². The monoisotopic (exact) mass is 340 g/mol. The lowest BCUT2D eigenvalue weighted by molar-refractivity contribution is 0.153. The topological polar surface area (TPSA) is 48.5 Å². The van der Waals surface area contributed by atoms with Crippen molar-refractivity contribution < 1.29 is 4.79 Å². The lowest BCUT2D eigenvalue weighted by Crippen LogP contribution is -2.51. The quantitative estimate of drug-likeness (QED) is 0.806. The van der Waals surface area contributed by atoms with E-state index in [2.05, 4.69) is 35.4 Å². The number of hydrogen-bond donors (Lipinski definition) is 1. The van der Waals surface area contributed by atoms with Gasteiger partial charge in [0.25, 0.3) is 0 Å². The van der Waals surface area contributed by atoms with Crippen LogP contribution in [-0.2, 0) is 6.54 Å². The highest BCUT2D eigenvalue weighted by molar-refractivity contribution is 5.79. The van der Waals surface area contributed by atoms with Crippen molar-refractivity contribution in [1.29, 1.82) is 0 Å². The third-order valence-electron chi connectivity index (χ3n) is 4.82. The Bertz CT molecular complexity index is 708. The Morgan fingerprint density at radius 2 is 2.12 bits per heavy atom. The Kier molecular flexibility index (Phi) is 5.41. The van der Waals surface area contributed by atoms with Crippen molar-refractivity contribution in [3.8, 4) is 0 Å².